The van der Waals surface area contributed by atoms with Crippen LogP contribution in [0.1, 0.15) is 25.8 Å². The smallest absolute Gasteiger partial charge is 0.232 e. The molecule has 0 aliphatic carbocycles. The Morgan fingerprint density at radius 3 is 2.50 bits per heavy atom. The highest BCUT2D eigenvalue weighted by atomic mass is 32.2. The Bertz CT molecular complexity index is 572. The molecule has 1 aliphatic rings. The molecule has 1 aromatic rings. The lowest BCUT2D eigenvalue weighted by Crippen LogP contribution is -2.48. The van der Waals surface area contributed by atoms with Crippen molar-refractivity contribution >= 4 is 17.7 Å². The molecule has 0 N–H and O–H groups in total. The summed E-state index contributed by atoms with van der Waals surface area (Å²) in [6.07, 6.45) is 1.17. The number of amides is 1. The fourth-order valence-corrected chi connectivity index (χ4v) is 4.11. The number of carbonyl (C=O) groups is 1. The van der Waals surface area contributed by atoms with E-state index in [2.05, 4.69) is 18.7 Å². The number of ether oxygens (including phenoxy) is 2. The van der Waals surface area contributed by atoms with Gasteiger partial charge in [0, 0.05) is 38.3 Å². The molecule has 0 atom stereocenters. The topological polar surface area (TPSA) is 42.0 Å². The summed E-state index contributed by atoms with van der Waals surface area (Å²) >= 11 is 1.76. The fraction of sp³-hybridized carbons (Fsp3) is 0.650. The second-order valence-corrected chi connectivity index (χ2v) is 8.17. The Kier molecular flexibility index (Phi) is 8.59. The zero-order valence-corrected chi connectivity index (χ0v) is 17.3. The van der Waals surface area contributed by atoms with E-state index in [-0.39, 0.29) is 5.91 Å². The molecule has 0 bridgehead atoms. The normalized spacial score (nSPS) is 15.3. The van der Waals surface area contributed by atoms with Gasteiger partial charge in [-0.15, -0.1) is 0 Å². The Morgan fingerprint density at radius 1 is 1.15 bits per heavy atom. The predicted molar refractivity (Wildman–Crippen MR) is 108 cm³/mol. The summed E-state index contributed by atoms with van der Waals surface area (Å²) in [4.78, 5) is 16.7. The molecular formula is C20H32N2O3S. The molecule has 1 fully saturated rings. The molecule has 1 heterocycles. The molecule has 0 spiro atoms. The molecule has 0 unspecified atom stereocenters. The van der Waals surface area contributed by atoms with Gasteiger partial charge in [-0.05, 0) is 36.3 Å². The average Bonchev–Trinajstić information content (AvgIpc) is 2.65. The number of piperazine rings is 1. The van der Waals surface area contributed by atoms with Crippen molar-refractivity contribution in [1.82, 2.24) is 9.80 Å². The van der Waals surface area contributed by atoms with Crippen LogP contribution in [-0.2, 0) is 11.3 Å². The molecule has 5 nitrogen and oxygen atoms in total. The van der Waals surface area contributed by atoms with Crippen molar-refractivity contribution in [2.24, 2.45) is 5.92 Å². The van der Waals surface area contributed by atoms with Gasteiger partial charge < -0.3 is 14.4 Å². The second-order valence-electron chi connectivity index (χ2n) is 7.07. The first-order chi connectivity index (χ1) is 12.5. The van der Waals surface area contributed by atoms with E-state index < -0.39 is 0 Å². The lowest BCUT2D eigenvalue weighted by molar-refractivity contribution is -0.130. The number of methoxy groups -OCH3 is 2. The molecule has 2 rings (SSSR count). The van der Waals surface area contributed by atoms with E-state index in [1.807, 2.05) is 23.1 Å². The van der Waals surface area contributed by atoms with Crippen LogP contribution in [0.3, 0.4) is 0 Å². The molecule has 6 heteroatoms. The third-order valence-corrected chi connectivity index (χ3v) is 5.65. The third-order valence-electron chi connectivity index (χ3n) is 4.67. The van der Waals surface area contributed by atoms with Crippen LogP contribution in [0.25, 0.3) is 0 Å². The number of rotatable bonds is 9. The highest BCUT2D eigenvalue weighted by Crippen LogP contribution is 2.25. The van der Waals surface area contributed by atoms with Crippen molar-refractivity contribution < 1.29 is 14.3 Å². The number of thioether (sulfide) groups is 1. The molecular weight excluding hydrogens is 348 g/mol. The van der Waals surface area contributed by atoms with E-state index >= 15 is 0 Å². The van der Waals surface area contributed by atoms with Crippen LogP contribution in [0.4, 0.5) is 0 Å². The maximum absolute atomic E-state index is 12.3. The minimum absolute atomic E-state index is 0.275. The van der Waals surface area contributed by atoms with Gasteiger partial charge in [-0.3, -0.25) is 9.69 Å². The summed E-state index contributed by atoms with van der Waals surface area (Å²) in [5, 5.41) is 0. The van der Waals surface area contributed by atoms with Gasteiger partial charge in [0.1, 0.15) is 11.5 Å². The predicted octanol–water partition coefficient (Wildman–Crippen LogP) is 3.13. The van der Waals surface area contributed by atoms with Crippen LogP contribution in [0.15, 0.2) is 18.2 Å². The maximum Gasteiger partial charge on any atom is 0.232 e. The molecule has 146 valence electrons. The van der Waals surface area contributed by atoms with Crippen LogP contribution in [0.5, 0.6) is 11.5 Å². The van der Waals surface area contributed by atoms with E-state index in [4.69, 9.17) is 9.47 Å². The quantitative estimate of drug-likeness (QED) is 0.616. The van der Waals surface area contributed by atoms with Crippen molar-refractivity contribution in [3.63, 3.8) is 0 Å². The Labute approximate surface area is 162 Å². The van der Waals surface area contributed by atoms with Crippen molar-refractivity contribution in [2.75, 3.05) is 51.9 Å². The van der Waals surface area contributed by atoms with Crippen molar-refractivity contribution in [1.29, 1.82) is 0 Å². The van der Waals surface area contributed by atoms with Gasteiger partial charge >= 0.3 is 0 Å². The van der Waals surface area contributed by atoms with Crippen molar-refractivity contribution in [2.45, 2.75) is 26.8 Å². The highest BCUT2D eigenvalue weighted by Gasteiger charge is 2.21. The van der Waals surface area contributed by atoms with E-state index in [1.165, 1.54) is 6.42 Å². The van der Waals surface area contributed by atoms with E-state index in [9.17, 15) is 4.79 Å². The zero-order chi connectivity index (χ0) is 18.9. The van der Waals surface area contributed by atoms with E-state index in [1.54, 1.807) is 26.0 Å². The number of carbonyl (C=O) groups excluding carboxylic acids is 1. The fourth-order valence-electron chi connectivity index (χ4n) is 2.97. The van der Waals surface area contributed by atoms with E-state index in [0.29, 0.717) is 11.7 Å². The minimum Gasteiger partial charge on any atom is -0.497 e. The highest BCUT2D eigenvalue weighted by molar-refractivity contribution is 7.99. The number of benzene rings is 1. The molecule has 1 aliphatic heterocycles. The first-order valence-corrected chi connectivity index (χ1v) is 10.5. The summed E-state index contributed by atoms with van der Waals surface area (Å²) < 4.78 is 10.8. The lowest BCUT2D eigenvalue weighted by atomic mass is 10.1. The first-order valence-electron chi connectivity index (χ1n) is 9.32. The summed E-state index contributed by atoms with van der Waals surface area (Å²) in [6.45, 7) is 8.64. The Balaban J connectivity index is 1.79. The van der Waals surface area contributed by atoms with Crippen LogP contribution in [-0.4, -0.2) is 67.6 Å². The van der Waals surface area contributed by atoms with Crippen LogP contribution < -0.4 is 9.47 Å². The Morgan fingerprint density at radius 2 is 1.88 bits per heavy atom. The molecule has 1 aromatic carbocycles. The number of hydrogen-bond donors (Lipinski definition) is 0. The zero-order valence-electron chi connectivity index (χ0n) is 16.5. The molecule has 1 amide bonds. The average molecular weight is 381 g/mol. The second kappa shape index (κ2) is 10.7. The maximum atomic E-state index is 12.3. The van der Waals surface area contributed by atoms with Crippen molar-refractivity contribution in [3.8, 4) is 11.5 Å². The van der Waals surface area contributed by atoms with Crippen LogP contribution in [0, 0.1) is 5.92 Å². The van der Waals surface area contributed by atoms with Crippen LogP contribution >= 0.6 is 11.8 Å². The third kappa shape index (κ3) is 6.40. The number of nitrogens with zero attached hydrogens (tertiary/aromatic N) is 2. The summed E-state index contributed by atoms with van der Waals surface area (Å²) in [5.41, 5.74) is 1.12. The molecule has 0 radical (unpaired) electrons. The van der Waals surface area contributed by atoms with E-state index in [0.717, 1.165) is 55.5 Å². The van der Waals surface area contributed by atoms with Gasteiger partial charge in [0.25, 0.3) is 0 Å². The first kappa shape index (κ1) is 20.9. The molecule has 26 heavy (non-hydrogen) atoms. The van der Waals surface area contributed by atoms with Gasteiger partial charge in [0.15, 0.2) is 0 Å². The minimum atomic E-state index is 0.275. The largest absolute Gasteiger partial charge is 0.497 e. The molecule has 0 aromatic heterocycles. The monoisotopic (exact) mass is 380 g/mol. The van der Waals surface area contributed by atoms with Gasteiger partial charge in [-0.1, -0.05) is 13.8 Å². The van der Waals surface area contributed by atoms with Crippen molar-refractivity contribution in [3.05, 3.63) is 23.8 Å². The summed E-state index contributed by atoms with van der Waals surface area (Å²) in [6, 6.07) is 5.89. The lowest BCUT2D eigenvalue weighted by Gasteiger charge is -2.35. The Hall–Kier alpha value is -1.40. The van der Waals surface area contributed by atoms with Gasteiger partial charge in [0.05, 0.1) is 20.0 Å². The van der Waals surface area contributed by atoms with Gasteiger partial charge in [-0.2, -0.15) is 11.8 Å². The van der Waals surface area contributed by atoms with Gasteiger partial charge in [-0.25, -0.2) is 0 Å². The van der Waals surface area contributed by atoms with Gasteiger partial charge in [0.2, 0.25) is 5.91 Å². The number of hydrogen-bond acceptors (Lipinski definition) is 5. The standard InChI is InChI=1S/C20H32N2O3S/c1-16(2)7-12-26-15-20(23)22-10-8-21(9-11-22)14-17-13-18(24-3)5-6-19(17)25-4/h5-6,13,16H,7-12,14-15H2,1-4H3. The SMILES string of the molecule is COc1ccc(OC)c(CN2CCN(C(=O)CSCCC(C)C)CC2)c1. The van der Waals surface area contributed by atoms with Crippen LogP contribution in [0.2, 0.25) is 0 Å². The summed E-state index contributed by atoms with van der Waals surface area (Å²) in [7, 11) is 3.37. The summed E-state index contributed by atoms with van der Waals surface area (Å²) in [5.74, 6) is 4.38. The molecule has 0 saturated carbocycles. The molecule has 1 saturated heterocycles.